The maximum Gasteiger partial charge on any atom is 0.410 e. The van der Waals surface area contributed by atoms with Gasteiger partial charge >= 0.3 is 12.1 Å². The highest BCUT2D eigenvalue weighted by molar-refractivity contribution is 5.98. The first-order chi connectivity index (χ1) is 20.6. The van der Waals surface area contributed by atoms with Gasteiger partial charge < -0.3 is 19.5 Å². The van der Waals surface area contributed by atoms with Crippen LogP contribution in [0.1, 0.15) is 52.0 Å². The molecule has 2 atom stereocenters. The summed E-state index contributed by atoms with van der Waals surface area (Å²) >= 11 is 0. The second kappa shape index (κ2) is 10.0. The Labute approximate surface area is 248 Å². The zero-order valence-electron chi connectivity index (χ0n) is 24.9. The number of benzene rings is 1. The number of fused-ring (bicyclic) bond motifs is 4. The fourth-order valence-corrected chi connectivity index (χ4v) is 6.37. The first kappa shape index (κ1) is 27.8. The molecule has 1 aromatic carbocycles. The number of carbonyl (C=O) groups excluding carboxylic acids is 1. The van der Waals surface area contributed by atoms with Crippen molar-refractivity contribution in [1.82, 2.24) is 30.0 Å². The van der Waals surface area contributed by atoms with Crippen LogP contribution in [0.25, 0.3) is 33.1 Å². The number of aryl methyl sites for hydroxylation is 1. The minimum atomic E-state index is -0.587. The number of aliphatic hydroxyl groups is 1. The van der Waals surface area contributed by atoms with Crippen LogP contribution in [0.15, 0.2) is 24.5 Å². The fourth-order valence-electron chi connectivity index (χ4n) is 6.37. The highest BCUT2D eigenvalue weighted by atomic mass is 19.1. The predicted octanol–water partition coefficient (Wildman–Crippen LogP) is 4.76. The molecule has 2 saturated heterocycles. The summed E-state index contributed by atoms with van der Waals surface area (Å²) in [5.41, 5.74) is 1.69. The van der Waals surface area contributed by atoms with E-state index < -0.39 is 11.4 Å². The van der Waals surface area contributed by atoms with E-state index in [0.29, 0.717) is 29.9 Å². The van der Waals surface area contributed by atoms with Crippen LogP contribution in [-0.2, 0) is 4.74 Å². The number of aromatic amines is 1. The number of anilines is 1. The number of piperazine rings is 1. The Kier molecular flexibility index (Phi) is 6.46. The summed E-state index contributed by atoms with van der Waals surface area (Å²) in [5.74, 6) is -0.0489. The van der Waals surface area contributed by atoms with Crippen molar-refractivity contribution < 1.29 is 23.8 Å². The molecule has 4 aromatic rings. The third-order valence-electron chi connectivity index (χ3n) is 8.90. The van der Waals surface area contributed by atoms with E-state index in [-0.39, 0.29) is 54.0 Å². The number of pyridine rings is 1. The Morgan fingerprint density at radius 1 is 1.14 bits per heavy atom. The lowest BCUT2D eigenvalue weighted by molar-refractivity contribution is 0.0122. The van der Waals surface area contributed by atoms with Gasteiger partial charge in [0.2, 0.25) is 0 Å². The van der Waals surface area contributed by atoms with E-state index in [4.69, 9.17) is 14.5 Å². The molecule has 7 rings (SSSR count). The van der Waals surface area contributed by atoms with E-state index in [1.165, 1.54) is 0 Å². The molecule has 3 fully saturated rings. The van der Waals surface area contributed by atoms with Gasteiger partial charge in [-0.2, -0.15) is 15.1 Å². The number of ether oxygens (including phenoxy) is 2. The number of amides is 1. The van der Waals surface area contributed by atoms with Crippen molar-refractivity contribution in [2.24, 2.45) is 5.41 Å². The van der Waals surface area contributed by atoms with Gasteiger partial charge in [0.05, 0.1) is 42.4 Å². The third kappa shape index (κ3) is 4.91. The van der Waals surface area contributed by atoms with Crippen molar-refractivity contribution in [2.75, 3.05) is 31.2 Å². The molecule has 226 valence electrons. The average molecular weight is 590 g/mol. The first-order valence-electron chi connectivity index (χ1n) is 14.8. The summed E-state index contributed by atoms with van der Waals surface area (Å²) in [4.78, 5) is 30.9. The third-order valence-corrected chi connectivity index (χ3v) is 8.90. The maximum atomic E-state index is 16.6. The van der Waals surface area contributed by atoms with E-state index >= 15 is 4.39 Å². The fraction of sp³-hybridized carbons (Fsp3) is 0.516. The smallest absolute Gasteiger partial charge is 0.410 e. The lowest BCUT2D eigenvalue weighted by Gasteiger charge is -2.42. The minimum Gasteiger partial charge on any atom is -0.463 e. The highest BCUT2D eigenvalue weighted by Crippen LogP contribution is 2.45. The summed E-state index contributed by atoms with van der Waals surface area (Å²) in [6, 6.07) is 3.74. The van der Waals surface area contributed by atoms with Crippen LogP contribution < -0.4 is 9.64 Å². The Morgan fingerprint density at radius 3 is 2.56 bits per heavy atom. The van der Waals surface area contributed by atoms with Crippen LogP contribution in [0.3, 0.4) is 0 Å². The van der Waals surface area contributed by atoms with E-state index in [9.17, 15) is 9.90 Å². The largest absolute Gasteiger partial charge is 0.463 e. The summed E-state index contributed by atoms with van der Waals surface area (Å²) < 4.78 is 28.3. The topological polar surface area (TPSA) is 130 Å². The number of rotatable bonds is 6. The second-order valence-electron chi connectivity index (χ2n) is 13.2. The molecule has 2 aliphatic heterocycles. The van der Waals surface area contributed by atoms with Gasteiger partial charge in [0.25, 0.3) is 0 Å². The van der Waals surface area contributed by atoms with Crippen molar-refractivity contribution in [2.45, 2.75) is 71.1 Å². The number of halogens is 1. The van der Waals surface area contributed by atoms with E-state index in [1.807, 2.05) is 44.7 Å². The quantitative estimate of drug-likeness (QED) is 0.327. The Balaban J connectivity index is 1.30. The molecule has 2 N–H and O–H groups in total. The van der Waals surface area contributed by atoms with Crippen molar-refractivity contribution in [3.8, 4) is 17.3 Å². The minimum absolute atomic E-state index is 0.0137. The molecular weight excluding hydrogens is 553 g/mol. The van der Waals surface area contributed by atoms with E-state index in [0.717, 1.165) is 42.1 Å². The normalized spacial score (nSPS) is 21.1. The zero-order valence-corrected chi connectivity index (χ0v) is 24.9. The van der Waals surface area contributed by atoms with Crippen LogP contribution >= 0.6 is 0 Å². The van der Waals surface area contributed by atoms with Crippen LogP contribution in [-0.4, -0.2) is 85.2 Å². The molecule has 1 saturated carbocycles. The highest BCUT2D eigenvalue weighted by Gasteiger charge is 2.46. The predicted molar refractivity (Wildman–Crippen MR) is 158 cm³/mol. The van der Waals surface area contributed by atoms with Gasteiger partial charge in [-0.1, -0.05) is 6.07 Å². The molecule has 2 bridgehead atoms. The molecule has 3 aliphatic rings. The van der Waals surface area contributed by atoms with Gasteiger partial charge in [0.15, 0.2) is 5.82 Å². The number of nitrogens with one attached hydrogen (secondary N) is 1. The molecule has 2 unspecified atom stereocenters. The first-order valence-corrected chi connectivity index (χ1v) is 14.8. The second-order valence-corrected chi connectivity index (χ2v) is 13.2. The van der Waals surface area contributed by atoms with Crippen molar-refractivity contribution in [1.29, 1.82) is 0 Å². The zero-order chi connectivity index (χ0) is 30.1. The Morgan fingerprint density at radius 2 is 1.88 bits per heavy atom. The molecule has 11 nitrogen and oxygen atoms in total. The van der Waals surface area contributed by atoms with Crippen molar-refractivity contribution >= 4 is 33.7 Å². The monoisotopic (exact) mass is 589 g/mol. The van der Waals surface area contributed by atoms with Crippen LogP contribution in [0.5, 0.6) is 6.01 Å². The van der Waals surface area contributed by atoms with Crippen LogP contribution in [0.2, 0.25) is 0 Å². The summed E-state index contributed by atoms with van der Waals surface area (Å²) in [6.07, 6.45) is 6.40. The molecule has 1 aliphatic carbocycles. The van der Waals surface area contributed by atoms with Gasteiger partial charge in [-0.3, -0.25) is 15.0 Å². The lowest BCUT2D eigenvalue weighted by atomic mass is 10.00. The van der Waals surface area contributed by atoms with E-state index in [2.05, 4.69) is 25.1 Å². The number of H-pyrrole nitrogens is 1. The van der Waals surface area contributed by atoms with Gasteiger partial charge in [-0.15, -0.1) is 0 Å². The number of aliphatic hydroxyl groups excluding tert-OH is 1. The van der Waals surface area contributed by atoms with Gasteiger partial charge in [-0.25, -0.2) is 9.18 Å². The number of nitrogens with zero attached hydrogens (tertiary/aromatic N) is 6. The average Bonchev–Trinajstić information content (AvgIpc) is 3.50. The van der Waals surface area contributed by atoms with Crippen molar-refractivity contribution in [3.63, 3.8) is 0 Å². The Hall–Kier alpha value is -4.06. The number of hydrogen-bond donors (Lipinski definition) is 2. The summed E-state index contributed by atoms with van der Waals surface area (Å²) in [6.45, 7) is 8.80. The maximum absolute atomic E-state index is 16.6. The molecule has 12 heteroatoms. The SMILES string of the molecule is Cc1ccc2[nH]ncc2c1-c1ncc2c(N3CC4CCC(C3)N4C(=O)OC(C)(C)C)nc(OCC3(CO)CC3)nc2c1F. The van der Waals surface area contributed by atoms with Crippen molar-refractivity contribution in [3.05, 3.63) is 35.9 Å². The standard InChI is InChI=1S/C31H36FN7O4/c1-17-5-8-22-20(12-34-37-22)23(17)26-24(32)25-21(11-33-26)27(36-28(35-25)42-16-31(15-40)9-10-31)38-13-18-6-7-19(14-38)39(18)29(41)43-30(2,3)4/h5,8,11-12,18-19,40H,6-7,9-10,13-16H2,1-4H3,(H,34,37). The molecule has 1 amide bonds. The molecule has 0 spiro atoms. The van der Waals surface area contributed by atoms with E-state index in [1.54, 1.807) is 12.4 Å². The van der Waals surface area contributed by atoms with Gasteiger partial charge in [0.1, 0.15) is 22.6 Å². The molecule has 5 heterocycles. The number of aromatic nitrogens is 5. The number of carbonyl (C=O) groups is 1. The summed E-state index contributed by atoms with van der Waals surface area (Å²) in [5, 5.41) is 18.2. The molecular formula is C31H36FN7O4. The van der Waals surface area contributed by atoms with Gasteiger partial charge in [0, 0.05) is 35.7 Å². The van der Waals surface area contributed by atoms with Gasteiger partial charge in [-0.05, 0) is 65.0 Å². The van der Waals surface area contributed by atoms with Crippen LogP contribution in [0, 0.1) is 18.2 Å². The molecule has 3 aromatic heterocycles. The van der Waals surface area contributed by atoms with Crippen LogP contribution in [0.4, 0.5) is 15.0 Å². The Bertz CT molecular complexity index is 1720. The number of hydrogen-bond acceptors (Lipinski definition) is 9. The molecule has 0 radical (unpaired) electrons. The summed E-state index contributed by atoms with van der Waals surface area (Å²) in [7, 11) is 0. The lowest BCUT2D eigenvalue weighted by Crippen LogP contribution is -2.57. The molecule has 43 heavy (non-hydrogen) atoms.